The fourth-order valence-electron chi connectivity index (χ4n) is 2.65. The number of hydrogen-bond acceptors (Lipinski definition) is 4. The topological polar surface area (TPSA) is 75.6 Å². The third kappa shape index (κ3) is 4.84. The number of carbonyl (C=O) groups excluding carboxylic acids is 2. The van der Waals surface area contributed by atoms with E-state index in [-0.39, 0.29) is 24.7 Å². The van der Waals surface area contributed by atoms with Crippen molar-refractivity contribution in [2.24, 2.45) is 0 Å². The minimum atomic E-state index is -0.731. The van der Waals surface area contributed by atoms with Crippen molar-refractivity contribution in [3.63, 3.8) is 0 Å². The lowest BCUT2D eigenvalue weighted by Gasteiger charge is -2.22. The molecule has 0 aliphatic heterocycles. The lowest BCUT2D eigenvalue weighted by Crippen LogP contribution is -2.32. The summed E-state index contributed by atoms with van der Waals surface area (Å²) in [6, 6.07) is 6.96. The lowest BCUT2D eigenvalue weighted by molar-refractivity contribution is -0.118. The highest BCUT2D eigenvalue weighted by molar-refractivity contribution is 5.96. The van der Waals surface area contributed by atoms with Crippen LogP contribution in [0.4, 0.5) is 0 Å². The molecule has 1 aliphatic rings. The second-order valence-corrected chi connectivity index (χ2v) is 5.90. The number of hydrogen-bond donors (Lipinski definition) is 2. The Hall–Kier alpha value is -1.88. The molecule has 1 amide bonds. The first-order chi connectivity index (χ1) is 10.5. The summed E-state index contributed by atoms with van der Waals surface area (Å²) in [5, 5.41) is 12.9. The summed E-state index contributed by atoms with van der Waals surface area (Å²) in [5.41, 5.74) is -0.174. The first-order valence-corrected chi connectivity index (χ1v) is 7.71. The van der Waals surface area contributed by atoms with Gasteiger partial charge in [-0.2, -0.15) is 0 Å². The molecule has 0 atom stereocenters. The molecule has 0 saturated heterocycles. The number of rotatable bonds is 7. The highest BCUT2D eigenvalue weighted by atomic mass is 16.5. The molecule has 1 aliphatic carbocycles. The van der Waals surface area contributed by atoms with Crippen molar-refractivity contribution in [2.45, 2.75) is 44.6 Å². The molecule has 1 fully saturated rings. The maximum Gasteiger partial charge on any atom is 0.216 e. The number of carbonyl (C=O) groups is 2. The molecule has 5 nitrogen and oxygen atoms in total. The van der Waals surface area contributed by atoms with Crippen molar-refractivity contribution in [1.82, 2.24) is 5.32 Å². The molecule has 0 radical (unpaired) electrons. The van der Waals surface area contributed by atoms with Gasteiger partial charge in [0.1, 0.15) is 12.4 Å². The van der Waals surface area contributed by atoms with Crippen LogP contribution >= 0.6 is 0 Å². The van der Waals surface area contributed by atoms with E-state index in [0.29, 0.717) is 17.9 Å². The summed E-state index contributed by atoms with van der Waals surface area (Å²) >= 11 is 0. The van der Waals surface area contributed by atoms with Crippen LogP contribution < -0.4 is 10.1 Å². The van der Waals surface area contributed by atoms with Gasteiger partial charge in [0.2, 0.25) is 5.91 Å². The van der Waals surface area contributed by atoms with Crippen LogP contribution in [0.5, 0.6) is 5.75 Å². The fourth-order valence-corrected chi connectivity index (χ4v) is 2.65. The van der Waals surface area contributed by atoms with Gasteiger partial charge in [-0.3, -0.25) is 9.59 Å². The molecule has 22 heavy (non-hydrogen) atoms. The minimum absolute atomic E-state index is 0.0428. The summed E-state index contributed by atoms with van der Waals surface area (Å²) in [5.74, 6) is 0.402. The normalized spacial score (nSPS) is 16.3. The second kappa shape index (κ2) is 7.40. The predicted molar refractivity (Wildman–Crippen MR) is 83.0 cm³/mol. The Balaban J connectivity index is 1.88. The van der Waals surface area contributed by atoms with Gasteiger partial charge in [-0.15, -0.1) is 0 Å². The van der Waals surface area contributed by atoms with Crippen molar-refractivity contribution in [3.05, 3.63) is 29.8 Å². The molecule has 120 valence electrons. The Bertz CT molecular complexity index is 535. The quantitative estimate of drug-likeness (QED) is 0.756. The SMILES string of the molecule is CC(=O)NCCC(=O)c1cccc(OCC2(O)CCCC2)c1. The van der Waals surface area contributed by atoms with Gasteiger partial charge in [0.15, 0.2) is 5.78 Å². The average molecular weight is 305 g/mol. The molecule has 0 bridgehead atoms. The summed E-state index contributed by atoms with van der Waals surface area (Å²) in [6.07, 6.45) is 3.85. The number of ketones is 1. The van der Waals surface area contributed by atoms with Gasteiger partial charge >= 0.3 is 0 Å². The highest BCUT2D eigenvalue weighted by Gasteiger charge is 2.31. The van der Waals surface area contributed by atoms with Crippen molar-refractivity contribution in [3.8, 4) is 5.75 Å². The van der Waals surface area contributed by atoms with Crippen LogP contribution in [0.1, 0.15) is 49.4 Å². The molecular formula is C17H23NO4. The van der Waals surface area contributed by atoms with E-state index in [2.05, 4.69) is 5.32 Å². The van der Waals surface area contributed by atoms with Crippen molar-refractivity contribution >= 4 is 11.7 Å². The van der Waals surface area contributed by atoms with Gasteiger partial charge in [-0.1, -0.05) is 25.0 Å². The van der Waals surface area contributed by atoms with E-state index in [0.717, 1.165) is 25.7 Å². The van der Waals surface area contributed by atoms with Gasteiger partial charge in [-0.05, 0) is 25.0 Å². The summed E-state index contributed by atoms with van der Waals surface area (Å²) in [4.78, 5) is 22.8. The number of nitrogens with one attached hydrogen (secondary N) is 1. The van der Waals surface area contributed by atoms with E-state index in [1.54, 1.807) is 24.3 Å². The molecule has 1 aromatic carbocycles. The van der Waals surface area contributed by atoms with E-state index in [4.69, 9.17) is 4.74 Å². The molecular weight excluding hydrogens is 282 g/mol. The predicted octanol–water partition coefficient (Wildman–Crippen LogP) is 2.08. The largest absolute Gasteiger partial charge is 0.491 e. The standard InChI is InChI=1S/C17H23NO4/c1-13(19)18-10-7-16(20)14-5-4-6-15(11-14)22-12-17(21)8-2-3-9-17/h4-6,11,21H,2-3,7-10,12H2,1H3,(H,18,19). The molecule has 1 saturated carbocycles. The maximum absolute atomic E-state index is 12.0. The van der Waals surface area contributed by atoms with Crippen LogP contribution in [0.15, 0.2) is 24.3 Å². The number of Topliss-reactive ketones (excluding diaryl/α,β-unsaturated/α-hetero) is 1. The molecule has 2 rings (SSSR count). The van der Waals surface area contributed by atoms with Gasteiger partial charge < -0.3 is 15.2 Å². The first-order valence-electron chi connectivity index (χ1n) is 7.71. The van der Waals surface area contributed by atoms with Gasteiger partial charge in [0, 0.05) is 25.5 Å². The van der Waals surface area contributed by atoms with Gasteiger partial charge in [0.05, 0.1) is 5.60 Å². The van der Waals surface area contributed by atoms with Gasteiger partial charge in [-0.25, -0.2) is 0 Å². The second-order valence-electron chi connectivity index (χ2n) is 5.90. The molecule has 0 aromatic heterocycles. The average Bonchev–Trinajstić information content (AvgIpc) is 2.92. The first kappa shape index (κ1) is 16.5. The van der Waals surface area contributed by atoms with Crippen LogP contribution in [0, 0.1) is 0 Å². The monoisotopic (exact) mass is 305 g/mol. The molecule has 0 unspecified atom stereocenters. The van der Waals surface area contributed by atoms with E-state index in [1.807, 2.05) is 0 Å². The molecule has 2 N–H and O–H groups in total. The summed E-state index contributed by atoms with van der Waals surface area (Å²) < 4.78 is 5.65. The Morgan fingerprint density at radius 3 is 2.73 bits per heavy atom. The zero-order valence-electron chi connectivity index (χ0n) is 12.9. The zero-order valence-corrected chi connectivity index (χ0v) is 12.9. The van der Waals surface area contributed by atoms with Crippen LogP contribution in [-0.4, -0.2) is 35.5 Å². The molecule has 0 heterocycles. The number of ether oxygens (including phenoxy) is 1. The van der Waals surface area contributed by atoms with Crippen molar-refractivity contribution < 1.29 is 19.4 Å². The van der Waals surface area contributed by atoms with E-state index in [1.165, 1.54) is 6.92 Å². The number of aliphatic hydroxyl groups is 1. The number of amides is 1. The zero-order chi connectivity index (χ0) is 16.0. The van der Waals surface area contributed by atoms with E-state index >= 15 is 0 Å². The molecule has 5 heteroatoms. The third-order valence-corrected chi connectivity index (χ3v) is 3.92. The number of benzene rings is 1. The van der Waals surface area contributed by atoms with Crippen molar-refractivity contribution in [2.75, 3.05) is 13.2 Å². The maximum atomic E-state index is 12.0. The minimum Gasteiger partial charge on any atom is -0.491 e. The van der Waals surface area contributed by atoms with Crippen molar-refractivity contribution in [1.29, 1.82) is 0 Å². The Morgan fingerprint density at radius 1 is 1.32 bits per heavy atom. The third-order valence-electron chi connectivity index (χ3n) is 3.92. The van der Waals surface area contributed by atoms with Crippen LogP contribution in [-0.2, 0) is 4.79 Å². The lowest BCUT2D eigenvalue weighted by atomic mass is 10.0. The summed E-state index contributed by atoms with van der Waals surface area (Å²) in [7, 11) is 0. The highest BCUT2D eigenvalue weighted by Crippen LogP contribution is 2.30. The Morgan fingerprint density at radius 2 is 2.05 bits per heavy atom. The van der Waals surface area contributed by atoms with Crippen LogP contribution in [0.2, 0.25) is 0 Å². The Kier molecular flexibility index (Phi) is 5.55. The van der Waals surface area contributed by atoms with Crippen LogP contribution in [0.25, 0.3) is 0 Å². The molecule has 1 aromatic rings. The van der Waals surface area contributed by atoms with E-state index < -0.39 is 5.60 Å². The van der Waals surface area contributed by atoms with E-state index in [9.17, 15) is 14.7 Å². The molecule has 0 spiro atoms. The smallest absolute Gasteiger partial charge is 0.216 e. The fraction of sp³-hybridized carbons (Fsp3) is 0.529. The Labute approximate surface area is 130 Å². The summed E-state index contributed by atoms with van der Waals surface area (Å²) in [6.45, 7) is 2.02. The van der Waals surface area contributed by atoms with Crippen LogP contribution in [0.3, 0.4) is 0 Å². The van der Waals surface area contributed by atoms with Gasteiger partial charge in [0.25, 0.3) is 0 Å².